The summed E-state index contributed by atoms with van der Waals surface area (Å²) in [4.78, 5) is 4.46. The van der Waals surface area contributed by atoms with Crippen molar-refractivity contribution in [3.63, 3.8) is 0 Å². The van der Waals surface area contributed by atoms with Gasteiger partial charge in [0.05, 0.1) is 12.8 Å². The molecule has 0 radical (unpaired) electrons. The molecule has 0 aliphatic heterocycles. The van der Waals surface area contributed by atoms with Crippen LogP contribution in [0.25, 0.3) is 23.1 Å². The molecule has 104 valence electrons. The van der Waals surface area contributed by atoms with E-state index >= 15 is 0 Å². The standard InChI is InChI=1S/C18H15NO2/c1-21-16-6-2-4-13(12-16)8-10-15-11-9-14-5-3-7-17(20)18(14)19-15/h2-12,20H,1H3. The van der Waals surface area contributed by atoms with Crippen molar-refractivity contribution in [3.8, 4) is 11.5 Å². The van der Waals surface area contributed by atoms with Crippen LogP contribution in [-0.2, 0) is 0 Å². The maximum Gasteiger partial charge on any atom is 0.141 e. The summed E-state index contributed by atoms with van der Waals surface area (Å²) in [6, 6.07) is 17.1. The zero-order valence-electron chi connectivity index (χ0n) is 11.7. The van der Waals surface area contributed by atoms with E-state index in [0.29, 0.717) is 5.52 Å². The zero-order valence-corrected chi connectivity index (χ0v) is 11.7. The smallest absolute Gasteiger partial charge is 0.141 e. The summed E-state index contributed by atoms with van der Waals surface area (Å²) < 4.78 is 5.20. The summed E-state index contributed by atoms with van der Waals surface area (Å²) in [5.74, 6) is 1.02. The third-order valence-corrected chi connectivity index (χ3v) is 3.26. The highest BCUT2D eigenvalue weighted by Crippen LogP contribution is 2.23. The first-order valence-electron chi connectivity index (χ1n) is 6.67. The molecule has 1 N–H and O–H groups in total. The van der Waals surface area contributed by atoms with E-state index in [4.69, 9.17) is 4.74 Å². The Balaban J connectivity index is 1.93. The van der Waals surface area contributed by atoms with Gasteiger partial charge >= 0.3 is 0 Å². The van der Waals surface area contributed by atoms with Gasteiger partial charge in [0.2, 0.25) is 0 Å². The Morgan fingerprint density at radius 3 is 2.71 bits per heavy atom. The van der Waals surface area contributed by atoms with Crippen LogP contribution in [0.3, 0.4) is 0 Å². The maximum absolute atomic E-state index is 9.85. The quantitative estimate of drug-likeness (QED) is 0.783. The molecule has 0 aliphatic carbocycles. The molecular weight excluding hydrogens is 262 g/mol. The molecule has 3 heteroatoms. The van der Waals surface area contributed by atoms with E-state index < -0.39 is 0 Å². The lowest BCUT2D eigenvalue weighted by Gasteiger charge is -2.02. The number of phenols is 1. The highest BCUT2D eigenvalue weighted by molar-refractivity contribution is 5.85. The fourth-order valence-electron chi connectivity index (χ4n) is 2.17. The maximum atomic E-state index is 9.85. The first-order valence-corrected chi connectivity index (χ1v) is 6.67. The monoisotopic (exact) mass is 277 g/mol. The van der Waals surface area contributed by atoms with Crippen LogP contribution in [-0.4, -0.2) is 17.2 Å². The molecule has 3 aromatic rings. The van der Waals surface area contributed by atoms with Gasteiger partial charge in [-0.15, -0.1) is 0 Å². The molecule has 21 heavy (non-hydrogen) atoms. The molecule has 0 saturated heterocycles. The number of nitrogens with zero attached hydrogens (tertiary/aromatic N) is 1. The first kappa shape index (κ1) is 13.2. The largest absolute Gasteiger partial charge is 0.506 e. The SMILES string of the molecule is COc1cccc(C=Cc2ccc3cccc(O)c3n2)c1. The Labute approximate surface area is 123 Å². The van der Waals surface area contributed by atoms with Crippen LogP contribution in [0.15, 0.2) is 54.6 Å². The molecule has 3 nitrogen and oxygen atoms in total. The van der Waals surface area contributed by atoms with Crippen LogP contribution < -0.4 is 4.74 Å². The van der Waals surface area contributed by atoms with Gasteiger partial charge < -0.3 is 9.84 Å². The number of benzene rings is 2. The molecule has 0 aliphatic rings. The predicted molar refractivity (Wildman–Crippen MR) is 85.3 cm³/mol. The minimum atomic E-state index is 0.198. The van der Waals surface area contributed by atoms with Crippen molar-refractivity contribution in [2.45, 2.75) is 0 Å². The normalized spacial score (nSPS) is 11.1. The fourth-order valence-corrected chi connectivity index (χ4v) is 2.17. The average molecular weight is 277 g/mol. The molecule has 0 amide bonds. The number of fused-ring (bicyclic) bond motifs is 1. The third-order valence-electron chi connectivity index (χ3n) is 3.26. The lowest BCUT2D eigenvalue weighted by Crippen LogP contribution is -1.84. The molecule has 0 saturated carbocycles. The molecule has 1 aromatic heterocycles. The lowest BCUT2D eigenvalue weighted by molar-refractivity contribution is 0.414. The Morgan fingerprint density at radius 1 is 1.00 bits per heavy atom. The molecule has 2 aromatic carbocycles. The minimum absolute atomic E-state index is 0.198. The molecular formula is C18H15NO2. The Hall–Kier alpha value is -2.81. The third kappa shape index (κ3) is 2.87. The number of rotatable bonds is 3. The van der Waals surface area contributed by atoms with Crippen molar-refractivity contribution >= 4 is 23.1 Å². The van der Waals surface area contributed by atoms with Crippen LogP contribution in [0.5, 0.6) is 11.5 Å². The van der Waals surface area contributed by atoms with Crippen molar-refractivity contribution in [3.05, 3.63) is 65.9 Å². The van der Waals surface area contributed by atoms with Gasteiger partial charge in [-0.2, -0.15) is 0 Å². The highest BCUT2D eigenvalue weighted by Gasteiger charge is 2.01. The molecule has 0 spiro atoms. The summed E-state index contributed by atoms with van der Waals surface area (Å²) >= 11 is 0. The fraction of sp³-hybridized carbons (Fsp3) is 0.0556. The Morgan fingerprint density at radius 2 is 1.86 bits per heavy atom. The number of hydrogen-bond acceptors (Lipinski definition) is 3. The number of phenolic OH excluding ortho intramolecular Hbond substituents is 1. The van der Waals surface area contributed by atoms with Gasteiger partial charge in [-0.1, -0.05) is 36.4 Å². The number of pyridine rings is 1. The van der Waals surface area contributed by atoms with E-state index in [1.807, 2.05) is 60.7 Å². The number of ether oxygens (including phenoxy) is 1. The number of para-hydroxylation sites is 1. The van der Waals surface area contributed by atoms with Crippen LogP contribution in [0.1, 0.15) is 11.3 Å². The highest BCUT2D eigenvalue weighted by atomic mass is 16.5. The second-order valence-electron chi connectivity index (χ2n) is 4.69. The molecule has 0 atom stereocenters. The molecule has 3 rings (SSSR count). The first-order chi connectivity index (χ1) is 10.3. The minimum Gasteiger partial charge on any atom is -0.506 e. The summed E-state index contributed by atoms with van der Waals surface area (Å²) in [6.07, 6.45) is 3.89. The summed E-state index contributed by atoms with van der Waals surface area (Å²) in [7, 11) is 1.65. The van der Waals surface area contributed by atoms with Gasteiger partial charge in [0.25, 0.3) is 0 Å². The molecule has 1 heterocycles. The van der Waals surface area contributed by atoms with Gasteiger partial charge in [-0.25, -0.2) is 4.98 Å². The van der Waals surface area contributed by atoms with E-state index in [9.17, 15) is 5.11 Å². The Bertz CT molecular complexity index is 809. The lowest BCUT2D eigenvalue weighted by atomic mass is 10.1. The molecule has 0 unspecified atom stereocenters. The Kier molecular flexibility index (Phi) is 3.56. The number of methoxy groups -OCH3 is 1. The van der Waals surface area contributed by atoms with Gasteiger partial charge in [-0.3, -0.25) is 0 Å². The number of aromatic nitrogens is 1. The van der Waals surface area contributed by atoms with Crippen LogP contribution in [0.4, 0.5) is 0 Å². The van der Waals surface area contributed by atoms with Crippen LogP contribution >= 0.6 is 0 Å². The summed E-state index contributed by atoms with van der Waals surface area (Å²) in [5.41, 5.74) is 2.45. The predicted octanol–water partition coefficient (Wildman–Crippen LogP) is 4.12. The van der Waals surface area contributed by atoms with Crippen molar-refractivity contribution in [2.24, 2.45) is 0 Å². The van der Waals surface area contributed by atoms with E-state index in [0.717, 1.165) is 22.4 Å². The van der Waals surface area contributed by atoms with Crippen LogP contribution in [0.2, 0.25) is 0 Å². The van der Waals surface area contributed by atoms with Crippen molar-refractivity contribution in [1.82, 2.24) is 4.98 Å². The zero-order chi connectivity index (χ0) is 14.7. The van der Waals surface area contributed by atoms with Crippen molar-refractivity contribution in [1.29, 1.82) is 0 Å². The molecule has 0 bridgehead atoms. The van der Waals surface area contributed by atoms with Gasteiger partial charge in [0.1, 0.15) is 17.0 Å². The number of hydrogen-bond donors (Lipinski definition) is 1. The van der Waals surface area contributed by atoms with Gasteiger partial charge in [0.15, 0.2) is 0 Å². The van der Waals surface area contributed by atoms with Crippen LogP contribution in [0, 0.1) is 0 Å². The second kappa shape index (κ2) is 5.67. The molecule has 0 fully saturated rings. The van der Waals surface area contributed by atoms with E-state index in [1.165, 1.54) is 0 Å². The summed E-state index contributed by atoms with van der Waals surface area (Å²) in [5, 5.41) is 10.8. The van der Waals surface area contributed by atoms with E-state index in [-0.39, 0.29) is 5.75 Å². The van der Waals surface area contributed by atoms with E-state index in [1.54, 1.807) is 13.2 Å². The van der Waals surface area contributed by atoms with Crippen molar-refractivity contribution in [2.75, 3.05) is 7.11 Å². The number of aromatic hydroxyl groups is 1. The van der Waals surface area contributed by atoms with Crippen molar-refractivity contribution < 1.29 is 9.84 Å². The van der Waals surface area contributed by atoms with E-state index in [2.05, 4.69) is 4.98 Å². The second-order valence-corrected chi connectivity index (χ2v) is 4.69. The average Bonchev–Trinajstić information content (AvgIpc) is 2.54. The topological polar surface area (TPSA) is 42.4 Å². The van der Waals surface area contributed by atoms with Gasteiger partial charge in [0, 0.05) is 5.39 Å². The summed E-state index contributed by atoms with van der Waals surface area (Å²) in [6.45, 7) is 0. The van der Waals surface area contributed by atoms with Gasteiger partial charge in [-0.05, 0) is 35.9 Å².